The van der Waals surface area contributed by atoms with Gasteiger partial charge in [0.1, 0.15) is 5.56 Å². The first-order valence-electron chi connectivity index (χ1n) is 8.83. The number of ether oxygens (including phenoxy) is 1. The summed E-state index contributed by atoms with van der Waals surface area (Å²) in [5.74, 6) is 0.00383. The molecular formula is C19H20BrN5O2. The third kappa shape index (κ3) is 3.29. The van der Waals surface area contributed by atoms with Gasteiger partial charge in [-0.3, -0.25) is 0 Å². The molecular weight excluding hydrogens is 410 g/mol. The van der Waals surface area contributed by atoms with Crippen molar-refractivity contribution in [3.63, 3.8) is 0 Å². The number of carbonyl (C=O) groups is 1. The van der Waals surface area contributed by atoms with Crippen LogP contribution in [0.15, 0.2) is 41.1 Å². The van der Waals surface area contributed by atoms with E-state index in [1.807, 2.05) is 39.8 Å². The summed E-state index contributed by atoms with van der Waals surface area (Å²) in [6.45, 7) is 4.14. The van der Waals surface area contributed by atoms with Crippen molar-refractivity contribution < 1.29 is 9.53 Å². The van der Waals surface area contributed by atoms with E-state index in [1.54, 1.807) is 6.20 Å². The van der Waals surface area contributed by atoms with E-state index >= 15 is 0 Å². The molecule has 140 valence electrons. The number of halogens is 1. The van der Waals surface area contributed by atoms with E-state index < -0.39 is 0 Å². The van der Waals surface area contributed by atoms with E-state index in [1.165, 1.54) is 7.11 Å². The van der Waals surface area contributed by atoms with Crippen molar-refractivity contribution in [3.05, 3.63) is 58.1 Å². The second-order valence-corrected chi connectivity index (χ2v) is 7.91. The van der Waals surface area contributed by atoms with Crippen LogP contribution in [-0.2, 0) is 4.74 Å². The van der Waals surface area contributed by atoms with E-state index in [2.05, 4.69) is 45.2 Å². The van der Waals surface area contributed by atoms with E-state index in [0.717, 1.165) is 28.0 Å². The fourth-order valence-electron chi connectivity index (χ4n) is 3.33. The number of nitrogens with zero attached hydrogens (tertiary/aromatic N) is 5. The van der Waals surface area contributed by atoms with Crippen molar-refractivity contribution in [1.82, 2.24) is 24.8 Å². The first-order valence-corrected chi connectivity index (χ1v) is 9.62. The third-order valence-corrected chi connectivity index (χ3v) is 5.34. The first-order chi connectivity index (χ1) is 13.0. The molecule has 1 aromatic carbocycles. The van der Waals surface area contributed by atoms with Crippen LogP contribution in [0.5, 0.6) is 0 Å². The minimum absolute atomic E-state index is 0.151. The molecule has 0 aliphatic heterocycles. The summed E-state index contributed by atoms with van der Waals surface area (Å²) in [4.78, 5) is 12.3. The molecule has 8 heteroatoms. The lowest BCUT2D eigenvalue weighted by Gasteiger charge is -2.09. The van der Waals surface area contributed by atoms with Gasteiger partial charge in [-0.15, -0.1) is 5.10 Å². The third-order valence-electron chi connectivity index (χ3n) is 4.84. The summed E-state index contributed by atoms with van der Waals surface area (Å²) >= 11 is 3.50. The lowest BCUT2D eigenvalue weighted by atomic mass is 10.1. The van der Waals surface area contributed by atoms with Gasteiger partial charge in [0, 0.05) is 28.5 Å². The molecule has 1 unspecified atom stereocenters. The monoisotopic (exact) mass is 429 g/mol. The van der Waals surface area contributed by atoms with E-state index in [-0.39, 0.29) is 23.8 Å². The zero-order valence-corrected chi connectivity index (χ0v) is 16.9. The topological polar surface area (TPSA) is 74.8 Å². The molecule has 0 radical (unpaired) electrons. The zero-order chi connectivity index (χ0) is 19.1. The Morgan fingerprint density at radius 1 is 1.33 bits per heavy atom. The average Bonchev–Trinajstić information content (AvgIpc) is 3.09. The van der Waals surface area contributed by atoms with Crippen molar-refractivity contribution in [2.75, 3.05) is 7.11 Å². The van der Waals surface area contributed by atoms with Gasteiger partial charge >= 0.3 is 5.97 Å². The van der Waals surface area contributed by atoms with Gasteiger partial charge in [-0.25, -0.2) is 14.2 Å². The second-order valence-electron chi connectivity index (χ2n) is 6.99. The molecule has 4 rings (SSSR count). The first kappa shape index (κ1) is 17.9. The number of hydrogen-bond donors (Lipinski definition) is 0. The molecule has 0 bridgehead atoms. The molecule has 1 aliphatic carbocycles. The van der Waals surface area contributed by atoms with Crippen molar-refractivity contribution in [3.8, 4) is 5.69 Å². The van der Waals surface area contributed by atoms with E-state index in [9.17, 15) is 4.79 Å². The Morgan fingerprint density at radius 3 is 2.81 bits per heavy atom. The van der Waals surface area contributed by atoms with E-state index in [0.29, 0.717) is 5.56 Å². The fourth-order valence-corrected chi connectivity index (χ4v) is 3.72. The Bertz CT molecular complexity index is 994. The molecule has 0 amide bonds. The summed E-state index contributed by atoms with van der Waals surface area (Å²) in [5.41, 5.74) is 3.21. The summed E-state index contributed by atoms with van der Waals surface area (Å²) in [6, 6.07) is 8.11. The highest BCUT2D eigenvalue weighted by molar-refractivity contribution is 9.10. The smallest absolute Gasteiger partial charge is 0.341 e. The van der Waals surface area contributed by atoms with Gasteiger partial charge in [0.05, 0.1) is 30.4 Å². The number of carbonyl (C=O) groups excluding carboxylic acids is 1. The molecule has 0 saturated heterocycles. The molecule has 2 atom stereocenters. The number of hydrogen-bond acceptors (Lipinski definition) is 5. The summed E-state index contributed by atoms with van der Waals surface area (Å²) in [6.07, 6.45) is 4.48. The van der Waals surface area contributed by atoms with Crippen molar-refractivity contribution in [2.24, 2.45) is 0 Å². The maximum atomic E-state index is 12.3. The van der Waals surface area contributed by atoms with Gasteiger partial charge in [0.25, 0.3) is 0 Å². The number of aromatic nitrogens is 5. The van der Waals surface area contributed by atoms with Crippen LogP contribution in [0.3, 0.4) is 0 Å². The summed E-state index contributed by atoms with van der Waals surface area (Å²) < 4.78 is 9.61. The zero-order valence-electron chi connectivity index (χ0n) is 15.3. The number of rotatable bonds is 5. The molecule has 0 N–H and O–H groups in total. The van der Waals surface area contributed by atoms with Gasteiger partial charge in [-0.1, -0.05) is 27.2 Å². The summed E-state index contributed by atoms with van der Waals surface area (Å²) in [7, 11) is 1.39. The van der Waals surface area contributed by atoms with Gasteiger partial charge < -0.3 is 4.74 Å². The van der Waals surface area contributed by atoms with Crippen LogP contribution in [0, 0.1) is 0 Å². The number of benzene rings is 1. The van der Waals surface area contributed by atoms with Crippen LogP contribution < -0.4 is 0 Å². The number of esters is 1. The normalized spacial score (nSPS) is 18.7. The van der Waals surface area contributed by atoms with Crippen LogP contribution in [0.2, 0.25) is 0 Å². The quantitative estimate of drug-likeness (QED) is 0.575. The van der Waals surface area contributed by atoms with Crippen LogP contribution in [-0.4, -0.2) is 37.9 Å². The molecule has 3 aromatic rings. The van der Waals surface area contributed by atoms with Crippen molar-refractivity contribution in [2.45, 2.75) is 38.1 Å². The molecule has 2 heterocycles. The Morgan fingerprint density at radius 2 is 2.15 bits per heavy atom. The minimum atomic E-state index is -0.372. The molecule has 7 nitrogen and oxygen atoms in total. The standard InChI is InChI=1S/C19H20BrN5O2/c1-11(2)24-10-17(22-23-24)14-8-15(14)18-16(19(26)27-3)9-21-25(18)13-6-4-5-12(20)7-13/h4-7,9-11,14-15H,8H2,1-3H3/t14-,15?/m0/s1. The minimum Gasteiger partial charge on any atom is -0.465 e. The molecule has 27 heavy (non-hydrogen) atoms. The largest absolute Gasteiger partial charge is 0.465 e. The van der Waals surface area contributed by atoms with Gasteiger partial charge in [-0.05, 0) is 38.5 Å². The summed E-state index contributed by atoms with van der Waals surface area (Å²) in [5, 5.41) is 13.0. The molecule has 1 fully saturated rings. The van der Waals surface area contributed by atoms with Crippen LogP contribution in [0.1, 0.15) is 59.9 Å². The highest BCUT2D eigenvalue weighted by Crippen LogP contribution is 2.55. The Kier molecular flexibility index (Phi) is 4.59. The highest BCUT2D eigenvalue weighted by atomic mass is 79.9. The van der Waals surface area contributed by atoms with Gasteiger partial charge in [0.15, 0.2) is 0 Å². The molecule has 0 spiro atoms. The fraction of sp³-hybridized carbons (Fsp3) is 0.368. The average molecular weight is 430 g/mol. The van der Waals surface area contributed by atoms with Crippen LogP contribution >= 0.6 is 15.9 Å². The van der Waals surface area contributed by atoms with Crippen molar-refractivity contribution in [1.29, 1.82) is 0 Å². The Balaban J connectivity index is 1.72. The lowest BCUT2D eigenvalue weighted by Crippen LogP contribution is -2.08. The number of methoxy groups -OCH3 is 1. The lowest BCUT2D eigenvalue weighted by molar-refractivity contribution is 0.0599. The second kappa shape index (κ2) is 6.92. The Labute approximate surface area is 165 Å². The van der Waals surface area contributed by atoms with Crippen LogP contribution in [0.4, 0.5) is 0 Å². The van der Waals surface area contributed by atoms with Gasteiger partial charge in [-0.2, -0.15) is 5.10 Å². The van der Waals surface area contributed by atoms with E-state index in [4.69, 9.17) is 4.74 Å². The molecule has 1 saturated carbocycles. The predicted octanol–water partition coefficient (Wildman–Crippen LogP) is 3.86. The van der Waals surface area contributed by atoms with Crippen molar-refractivity contribution >= 4 is 21.9 Å². The maximum absolute atomic E-state index is 12.3. The SMILES string of the molecule is COC(=O)c1cnn(-c2cccc(Br)c2)c1C1C[C@@H]1c1cn(C(C)C)nn1. The molecule has 2 aromatic heterocycles. The van der Waals surface area contributed by atoms with Gasteiger partial charge in [0.2, 0.25) is 0 Å². The highest BCUT2D eigenvalue weighted by Gasteiger charge is 2.46. The molecule has 1 aliphatic rings. The maximum Gasteiger partial charge on any atom is 0.341 e. The predicted molar refractivity (Wildman–Crippen MR) is 103 cm³/mol. The Hall–Kier alpha value is -2.48. The van der Waals surface area contributed by atoms with Crippen LogP contribution in [0.25, 0.3) is 5.69 Å².